The van der Waals surface area contributed by atoms with Gasteiger partial charge in [-0.2, -0.15) is 0 Å². The van der Waals surface area contributed by atoms with Crippen LogP contribution in [-0.4, -0.2) is 65.0 Å². The maximum Gasteiger partial charge on any atom is 0.271 e. The monoisotopic (exact) mass is 442 g/mol. The number of nitro benzene ring substituents is 1. The van der Waals surface area contributed by atoms with E-state index in [0.717, 1.165) is 30.4 Å². The summed E-state index contributed by atoms with van der Waals surface area (Å²) >= 11 is 0. The fourth-order valence-electron chi connectivity index (χ4n) is 3.64. The number of methoxy groups -OCH3 is 1. The maximum absolute atomic E-state index is 12.9. The Balaban J connectivity index is 1.64. The number of anilines is 2. The van der Waals surface area contributed by atoms with Crippen LogP contribution in [0.2, 0.25) is 0 Å². The summed E-state index contributed by atoms with van der Waals surface area (Å²) in [4.78, 5) is 37.0. The number of ether oxygens (including phenoxy) is 1. The number of carbonyl (C=O) groups is 1. The van der Waals surface area contributed by atoms with Crippen molar-refractivity contribution in [1.29, 1.82) is 0 Å². The first-order valence-electron chi connectivity index (χ1n) is 10.7. The molecule has 1 fully saturated rings. The molecule has 1 unspecified atom stereocenters. The molecule has 0 bridgehead atoms. The van der Waals surface area contributed by atoms with E-state index in [1.54, 1.807) is 0 Å². The second-order valence-electron chi connectivity index (χ2n) is 8.21. The van der Waals surface area contributed by atoms with E-state index in [1.165, 1.54) is 25.3 Å². The van der Waals surface area contributed by atoms with E-state index in [2.05, 4.69) is 33.9 Å². The highest BCUT2D eigenvalue weighted by Crippen LogP contribution is 2.29. The van der Waals surface area contributed by atoms with Gasteiger partial charge in [0.15, 0.2) is 0 Å². The topological polar surface area (TPSA) is 114 Å². The summed E-state index contributed by atoms with van der Waals surface area (Å²) in [7, 11) is 1.46. The fourth-order valence-corrected chi connectivity index (χ4v) is 3.64. The van der Waals surface area contributed by atoms with Gasteiger partial charge in [-0.25, -0.2) is 9.97 Å². The van der Waals surface area contributed by atoms with E-state index in [0.29, 0.717) is 18.8 Å². The normalized spacial score (nSPS) is 15.5. The number of hydrogen-bond donors (Lipinski definition) is 1. The van der Waals surface area contributed by atoms with Crippen molar-refractivity contribution in [3.63, 3.8) is 0 Å². The van der Waals surface area contributed by atoms with Crippen molar-refractivity contribution in [2.45, 2.75) is 39.7 Å². The molecule has 1 aliphatic rings. The van der Waals surface area contributed by atoms with Gasteiger partial charge in [0, 0.05) is 56.0 Å². The van der Waals surface area contributed by atoms with Crippen molar-refractivity contribution in [1.82, 2.24) is 14.9 Å². The van der Waals surface area contributed by atoms with Gasteiger partial charge in [-0.3, -0.25) is 19.8 Å². The number of hydrogen-bond acceptors (Lipinski definition) is 8. The zero-order valence-electron chi connectivity index (χ0n) is 19.2. The Morgan fingerprint density at radius 3 is 2.44 bits per heavy atom. The van der Waals surface area contributed by atoms with Crippen LogP contribution in [0.15, 0.2) is 24.3 Å². The van der Waals surface area contributed by atoms with Crippen LogP contribution in [0.3, 0.4) is 0 Å². The molecule has 3 rings (SSSR count). The second-order valence-corrected chi connectivity index (χ2v) is 8.21. The van der Waals surface area contributed by atoms with Crippen LogP contribution >= 0.6 is 0 Å². The molecule has 32 heavy (non-hydrogen) atoms. The number of amides is 1. The Kier molecular flexibility index (Phi) is 7.24. The molecule has 1 aromatic heterocycles. The lowest BCUT2D eigenvalue weighted by molar-refractivity contribution is -0.384. The summed E-state index contributed by atoms with van der Waals surface area (Å²) in [6.07, 6.45) is 0. The predicted molar refractivity (Wildman–Crippen MR) is 122 cm³/mol. The average molecular weight is 443 g/mol. The van der Waals surface area contributed by atoms with Crippen LogP contribution in [0.1, 0.15) is 38.2 Å². The standard InChI is InChI=1S/C22H30N6O4/c1-14(2)21-23-15(3)12-20(25-21)27-10-8-26(9-11-27)16(4)22(29)24-18-13-17(28(30)31)6-7-19(18)32-5/h6-7,12-14,16H,8-11H2,1-5H3,(H,24,29). The zero-order chi connectivity index (χ0) is 23.4. The first kappa shape index (κ1) is 23.4. The third kappa shape index (κ3) is 5.31. The molecule has 0 saturated carbocycles. The van der Waals surface area contributed by atoms with E-state index in [-0.39, 0.29) is 23.2 Å². The summed E-state index contributed by atoms with van der Waals surface area (Å²) in [6, 6.07) is 5.72. The van der Waals surface area contributed by atoms with E-state index in [9.17, 15) is 14.9 Å². The van der Waals surface area contributed by atoms with Gasteiger partial charge in [-0.15, -0.1) is 0 Å². The summed E-state index contributed by atoms with van der Waals surface area (Å²) in [5.74, 6) is 2.14. The molecule has 10 nitrogen and oxygen atoms in total. The summed E-state index contributed by atoms with van der Waals surface area (Å²) in [5.41, 5.74) is 1.12. The van der Waals surface area contributed by atoms with Gasteiger partial charge in [-0.1, -0.05) is 13.8 Å². The number of aromatic nitrogens is 2. The molecule has 2 heterocycles. The van der Waals surface area contributed by atoms with Crippen LogP contribution < -0.4 is 15.0 Å². The van der Waals surface area contributed by atoms with Crippen LogP contribution in [0.25, 0.3) is 0 Å². The van der Waals surface area contributed by atoms with Crippen molar-refractivity contribution < 1.29 is 14.5 Å². The lowest BCUT2D eigenvalue weighted by atomic mass is 10.2. The highest BCUT2D eigenvalue weighted by molar-refractivity contribution is 5.96. The summed E-state index contributed by atoms with van der Waals surface area (Å²) < 4.78 is 5.24. The first-order chi connectivity index (χ1) is 15.2. The van der Waals surface area contributed by atoms with Gasteiger partial charge in [0.1, 0.15) is 17.4 Å². The Labute approximate surface area is 187 Å². The van der Waals surface area contributed by atoms with Crippen LogP contribution in [0.5, 0.6) is 5.75 Å². The van der Waals surface area contributed by atoms with Gasteiger partial charge in [0.25, 0.3) is 5.69 Å². The van der Waals surface area contributed by atoms with Crippen molar-refractivity contribution in [3.05, 3.63) is 45.9 Å². The highest BCUT2D eigenvalue weighted by atomic mass is 16.6. The molecule has 0 aliphatic carbocycles. The van der Waals surface area contributed by atoms with Crippen LogP contribution in [0.4, 0.5) is 17.2 Å². The van der Waals surface area contributed by atoms with Crippen molar-refractivity contribution in [3.8, 4) is 5.75 Å². The van der Waals surface area contributed by atoms with Gasteiger partial charge in [0.05, 0.1) is 23.8 Å². The van der Waals surface area contributed by atoms with E-state index in [1.807, 2.05) is 19.9 Å². The first-order valence-corrected chi connectivity index (χ1v) is 10.7. The zero-order valence-corrected chi connectivity index (χ0v) is 19.2. The van der Waals surface area contributed by atoms with E-state index in [4.69, 9.17) is 9.72 Å². The SMILES string of the molecule is COc1ccc([N+](=O)[O-])cc1NC(=O)C(C)N1CCN(c2cc(C)nc(C(C)C)n2)CC1. The molecular formula is C22H30N6O4. The smallest absolute Gasteiger partial charge is 0.271 e. The number of benzene rings is 1. The number of nitro groups is 1. The fraction of sp³-hybridized carbons (Fsp3) is 0.500. The highest BCUT2D eigenvalue weighted by Gasteiger charge is 2.27. The minimum atomic E-state index is -0.503. The molecule has 0 radical (unpaired) electrons. The quantitative estimate of drug-likeness (QED) is 0.514. The largest absolute Gasteiger partial charge is 0.495 e. The summed E-state index contributed by atoms with van der Waals surface area (Å²) in [5, 5.41) is 13.9. The van der Waals surface area contributed by atoms with Gasteiger partial charge >= 0.3 is 0 Å². The molecule has 1 N–H and O–H groups in total. The van der Waals surface area contributed by atoms with Gasteiger partial charge < -0.3 is 15.0 Å². The molecule has 1 amide bonds. The number of nitrogens with one attached hydrogen (secondary N) is 1. The van der Waals surface area contributed by atoms with E-state index >= 15 is 0 Å². The minimum Gasteiger partial charge on any atom is -0.495 e. The lowest BCUT2D eigenvalue weighted by Gasteiger charge is -2.38. The number of non-ortho nitro benzene ring substituents is 1. The second kappa shape index (κ2) is 9.90. The minimum absolute atomic E-state index is 0.108. The maximum atomic E-state index is 12.9. The van der Waals surface area contributed by atoms with Crippen LogP contribution in [0, 0.1) is 17.0 Å². The molecule has 2 aromatic rings. The third-order valence-electron chi connectivity index (χ3n) is 5.59. The third-order valence-corrected chi connectivity index (χ3v) is 5.59. The number of nitrogens with zero attached hydrogens (tertiary/aromatic N) is 5. The molecule has 1 atom stereocenters. The molecule has 1 aromatic carbocycles. The Morgan fingerprint density at radius 1 is 1.16 bits per heavy atom. The Bertz CT molecular complexity index is 988. The van der Waals surface area contributed by atoms with Crippen molar-refractivity contribution in [2.75, 3.05) is 43.5 Å². The number of carbonyl (C=O) groups excluding carboxylic acids is 1. The van der Waals surface area contributed by atoms with Crippen LogP contribution in [-0.2, 0) is 4.79 Å². The van der Waals surface area contributed by atoms with E-state index < -0.39 is 11.0 Å². The Morgan fingerprint density at radius 2 is 1.84 bits per heavy atom. The van der Waals surface area contributed by atoms with Crippen molar-refractivity contribution in [2.24, 2.45) is 0 Å². The number of piperazine rings is 1. The molecule has 172 valence electrons. The average Bonchev–Trinajstić information content (AvgIpc) is 2.78. The van der Waals surface area contributed by atoms with Crippen molar-refractivity contribution >= 4 is 23.1 Å². The van der Waals surface area contributed by atoms with Gasteiger partial charge in [-0.05, 0) is 19.9 Å². The van der Waals surface area contributed by atoms with Gasteiger partial charge in [0.2, 0.25) is 5.91 Å². The molecule has 10 heteroatoms. The molecule has 1 saturated heterocycles. The molecule has 1 aliphatic heterocycles. The molecule has 0 spiro atoms. The molecular weight excluding hydrogens is 412 g/mol. The number of aryl methyl sites for hydroxylation is 1. The lowest BCUT2D eigenvalue weighted by Crippen LogP contribution is -2.53. The Hall–Kier alpha value is -3.27. The predicted octanol–water partition coefficient (Wildman–Crippen LogP) is 2.97. The summed E-state index contributed by atoms with van der Waals surface area (Å²) in [6.45, 7) is 10.8. The number of rotatable bonds is 7.